The highest BCUT2D eigenvalue weighted by atomic mass is 16.4. The molecule has 2 rings (SSSR count). The first-order valence-corrected chi connectivity index (χ1v) is 5.72. The molecule has 0 aromatic rings. The third kappa shape index (κ3) is 1.97. The van der Waals surface area contributed by atoms with Crippen LogP contribution in [0.2, 0.25) is 0 Å². The van der Waals surface area contributed by atoms with Gasteiger partial charge in [-0.3, -0.25) is 19.3 Å². The van der Waals surface area contributed by atoms with Crippen LogP contribution >= 0.6 is 0 Å². The maximum atomic E-state index is 11.9. The number of hydrogen-bond donors (Lipinski definition) is 1. The molecule has 5 nitrogen and oxygen atoms in total. The Labute approximate surface area is 99.1 Å². The van der Waals surface area contributed by atoms with Gasteiger partial charge in [-0.15, -0.1) is 0 Å². The van der Waals surface area contributed by atoms with Crippen LogP contribution in [0.15, 0.2) is 12.2 Å². The molecule has 0 aromatic carbocycles. The third-order valence-corrected chi connectivity index (χ3v) is 3.62. The Morgan fingerprint density at radius 2 is 2.18 bits per heavy atom. The number of likely N-dealkylation sites (tertiary alicyclic amines) is 1. The number of rotatable bonds is 3. The summed E-state index contributed by atoms with van der Waals surface area (Å²) in [6, 6.07) is 0. The third-order valence-electron chi connectivity index (χ3n) is 3.62. The number of hydrogen-bond acceptors (Lipinski definition) is 3. The van der Waals surface area contributed by atoms with E-state index in [-0.39, 0.29) is 36.0 Å². The zero-order valence-corrected chi connectivity index (χ0v) is 9.63. The average molecular weight is 237 g/mol. The molecule has 17 heavy (non-hydrogen) atoms. The van der Waals surface area contributed by atoms with Crippen LogP contribution in [0.3, 0.4) is 0 Å². The van der Waals surface area contributed by atoms with Gasteiger partial charge >= 0.3 is 5.97 Å². The van der Waals surface area contributed by atoms with Gasteiger partial charge in [0.1, 0.15) is 0 Å². The number of imide groups is 1. The summed E-state index contributed by atoms with van der Waals surface area (Å²) in [5, 5.41) is 8.67. The summed E-state index contributed by atoms with van der Waals surface area (Å²) in [5.41, 5.74) is 0. The van der Waals surface area contributed by atoms with Crippen molar-refractivity contribution in [2.24, 2.45) is 17.8 Å². The van der Waals surface area contributed by atoms with E-state index in [1.54, 1.807) is 0 Å². The Kier molecular flexibility index (Phi) is 3.00. The second-order valence-corrected chi connectivity index (χ2v) is 4.63. The van der Waals surface area contributed by atoms with E-state index in [1.807, 2.05) is 12.2 Å². The zero-order valence-electron chi connectivity index (χ0n) is 9.63. The van der Waals surface area contributed by atoms with Gasteiger partial charge < -0.3 is 5.11 Å². The Morgan fingerprint density at radius 1 is 1.47 bits per heavy atom. The molecule has 1 heterocycles. The molecular weight excluding hydrogens is 222 g/mol. The summed E-state index contributed by atoms with van der Waals surface area (Å²) in [5.74, 6) is -1.92. The minimum Gasteiger partial charge on any atom is -0.481 e. The molecule has 0 bridgehead atoms. The SMILES string of the molecule is CN1C(=O)[C@H]2[C@H](CC=C[C@H]2CCC(=O)O)C1=O. The Morgan fingerprint density at radius 3 is 2.82 bits per heavy atom. The van der Waals surface area contributed by atoms with E-state index in [0.717, 1.165) is 0 Å². The maximum Gasteiger partial charge on any atom is 0.303 e. The number of allylic oxidation sites excluding steroid dienone is 2. The summed E-state index contributed by atoms with van der Waals surface area (Å²) < 4.78 is 0. The van der Waals surface area contributed by atoms with Crippen LogP contribution in [0.1, 0.15) is 19.3 Å². The van der Waals surface area contributed by atoms with Gasteiger partial charge in [-0.25, -0.2) is 0 Å². The normalized spacial score (nSPS) is 31.8. The fourth-order valence-corrected chi connectivity index (χ4v) is 2.72. The van der Waals surface area contributed by atoms with E-state index in [0.29, 0.717) is 12.8 Å². The first-order valence-electron chi connectivity index (χ1n) is 5.72. The summed E-state index contributed by atoms with van der Waals surface area (Å²) in [6.07, 6.45) is 4.80. The molecule has 0 saturated carbocycles. The molecule has 1 aliphatic heterocycles. The van der Waals surface area contributed by atoms with Crippen LogP contribution in [0, 0.1) is 17.8 Å². The zero-order chi connectivity index (χ0) is 12.6. The highest BCUT2D eigenvalue weighted by molar-refractivity contribution is 6.05. The Balaban J connectivity index is 2.16. The predicted molar refractivity (Wildman–Crippen MR) is 58.9 cm³/mol. The molecule has 0 aromatic heterocycles. The summed E-state index contributed by atoms with van der Waals surface area (Å²) >= 11 is 0. The smallest absolute Gasteiger partial charge is 0.303 e. The van der Waals surface area contributed by atoms with E-state index in [1.165, 1.54) is 11.9 Å². The Bertz CT molecular complexity index is 401. The lowest BCUT2D eigenvalue weighted by Crippen LogP contribution is -2.29. The number of nitrogens with zero attached hydrogens (tertiary/aromatic N) is 1. The van der Waals surface area contributed by atoms with E-state index >= 15 is 0 Å². The first-order chi connectivity index (χ1) is 8.02. The number of carboxylic acid groups (broad SMARTS) is 1. The Hall–Kier alpha value is -1.65. The van der Waals surface area contributed by atoms with Gasteiger partial charge in [0.2, 0.25) is 11.8 Å². The maximum absolute atomic E-state index is 11.9. The van der Waals surface area contributed by atoms with Gasteiger partial charge in [0.25, 0.3) is 0 Å². The predicted octanol–water partition coefficient (Wildman–Crippen LogP) is 0.658. The van der Waals surface area contributed by atoms with Crippen LogP contribution < -0.4 is 0 Å². The molecule has 2 aliphatic rings. The van der Waals surface area contributed by atoms with Gasteiger partial charge in [-0.05, 0) is 18.8 Å². The summed E-state index contributed by atoms with van der Waals surface area (Å²) in [7, 11) is 1.50. The van der Waals surface area contributed by atoms with Gasteiger partial charge in [0, 0.05) is 13.5 Å². The van der Waals surface area contributed by atoms with Crippen molar-refractivity contribution in [3.05, 3.63) is 12.2 Å². The number of fused-ring (bicyclic) bond motifs is 1. The molecule has 0 unspecified atom stereocenters. The van der Waals surface area contributed by atoms with Crippen LogP contribution in [-0.4, -0.2) is 34.8 Å². The molecule has 5 heteroatoms. The van der Waals surface area contributed by atoms with E-state index in [2.05, 4.69) is 0 Å². The highest BCUT2D eigenvalue weighted by Crippen LogP contribution is 2.39. The monoisotopic (exact) mass is 237 g/mol. The van der Waals surface area contributed by atoms with Crippen LogP contribution in [0.5, 0.6) is 0 Å². The second kappa shape index (κ2) is 4.31. The fraction of sp³-hybridized carbons (Fsp3) is 0.583. The first kappa shape index (κ1) is 11.8. The molecule has 1 fully saturated rings. The molecule has 1 N–H and O–H groups in total. The van der Waals surface area contributed by atoms with Crippen molar-refractivity contribution in [2.75, 3.05) is 7.05 Å². The standard InChI is InChI=1S/C12H15NO4/c1-13-11(16)8-4-2-3-7(5-6-9(14)15)10(8)12(13)17/h2-3,7-8,10H,4-6H2,1H3,(H,14,15)/t7-,8-,10+/m0/s1. The molecule has 0 spiro atoms. The largest absolute Gasteiger partial charge is 0.481 e. The second-order valence-electron chi connectivity index (χ2n) is 4.63. The van der Waals surface area contributed by atoms with Crippen molar-refractivity contribution < 1.29 is 19.5 Å². The van der Waals surface area contributed by atoms with Crippen molar-refractivity contribution in [1.82, 2.24) is 4.90 Å². The minimum atomic E-state index is -0.870. The van der Waals surface area contributed by atoms with Crippen LogP contribution in [0.25, 0.3) is 0 Å². The number of carboxylic acids is 1. The molecule has 2 amide bonds. The molecule has 1 saturated heterocycles. The molecular formula is C12H15NO4. The molecule has 1 aliphatic carbocycles. The fourth-order valence-electron chi connectivity index (χ4n) is 2.72. The average Bonchev–Trinajstić information content (AvgIpc) is 2.52. The van der Waals surface area contributed by atoms with Gasteiger partial charge in [-0.2, -0.15) is 0 Å². The molecule has 0 radical (unpaired) electrons. The van der Waals surface area contributed by atoms with Crippen molar-refractivity contribution >= 4 is 17.8 Å². The number of amides is 2. The van der Waals surface area contributed by atoms with E-state index in [9.17, 15) is 14.4 Å². The van der Waals surface area contributed by atoms with Gasteiger partial charge in [-0.1, -0.05) is 12.2 Å². The van der Waals surface area contributed by atoms with Crippen molar-refractivity contribution in [1.29, 1.82) is 0 Å². The van der Waals surface area contributed by atoms with Crippen molar-refractivity contribution in [3.63, 3.8) is 0 Å². The lowest BCUT2D eigenvalue weighted by atomic mass is 9.75. The van der Waals surface area contributed by atoms with Crippen molar-refractivity contribution in [2.45, 2.75) is 19.3 Å². The lowest BCUT2D eigenvalue weighted by molar-refractivity contribution is -0.140. The quantitative estimate of drug-likeness (QED) is 0.578. The van der Waals surface area contributed by atoms with Gasteiger partial charge in [0.15, 0.2) is 0 Å². The number of carbonyl (C=O) groups excluding carboxylic acids is 2. The van der Waals surface area contributed by atoms with E-state index < -0.39 is 5.97 Å². The molecule has 3 atom stereocenters. The summed E-state index contributed by atoms with van der Waals surface area (Å²) in [6.45, 7) is 0. The number of aliphatic carboxylic acids is 1. The lowest BCUT2D eigenvalue weighted by Gasteiger charge is -2.25. The van der Waals surface area contributed by atoms with E-state index in [4.69, 9.17) is 5.11 Å². The van der Waals surface area contributed by atoms with Gasteiger partial charge in [0.05, 0.1) is 11.8 Å². The topological polar surface area (TPSA) is 74.7 Å². The minimum absolute atomic E-state index is 0.0312. The van der Waals surface area contributed by atoms with Crippen LogP contribution in [0.4, 0.5) is 0 Å². The molecule has 92 valence electrons. The number of carbonyl (C=O) groups is 3. The van der Waals surface area contributed by atoms with Crippen LogP contribution in [-0.2, 0) is 14.4 Å². The summed E-state index contributed by atoms with van der Waals surface area (Å²) in [4.78, 5) is 35.5. The highest BCUT2D eigenvalue weighted by Gasteiger charge is 2.49. The van der Waals surface area contributed by atoms with Crippen molar-refractivity contribution in [3.8, 4) is 0 Å².